The van der Waals surface area contributed by atoms with Crippen LogP contribution in [0, 0.1) is 0 Å². The van der Waals surface area contributed by atoms with Gasteiger partial charge < -0.3 is 21.7 Å². The molecule has 2 unspecified atom stereocenters. The largest absolute Gasteiger partial charge is 0.665 e. The van der Waals surface area contributed by atoms with Gasteiger partial charge in [-0.1, -0.05) is 21.6 Å². The maximum Gasteiger partial charge on any atom is 0.321 e. The third-order valence-electron chi connectivity index (χ3n) is 1.18. The molecule has 15 heavy (non-hydrogen) atoms. The number of nitrogens with two attached hydrogens (primary N) is 1. The van der Waals surface area contributed by atoms with Crippen molar-refractivity contribution in [1.29, 1.82) is 0 Å². The van der Waals surface area contributed by atoms with E-state index in [1.54, 1.807) is 0 Å². The van der Waals surface area contributed by atoms with E-state index < -0.39 is 24.0 Å². The molecule has 0 aromatic carbocycles. The van der Waals surface area contributed by atoms with Crippen molar-refractivity contribution in [2.45, 2.75) is 12.1 Å². The van der Waals surface area contributed by atoms with Crippen LogP contribution in [0.4, 0.5) is 0 Å². The predicted octanol–water partition coefficient (Wildman–Crippen LogP) is 0.283. The van der Waals surface area contributed by atoms with Gasteiger partial charge in [-0.15, -0.1) is 0 Å². The van der Waals surface area contributed by atoms with Gasteiger partial charge in [-0.2, -0.15) is 0 Å². The molecule has 0 saturated heterocycles. The minimum absolute atomic E-state index is 0. The predicted molar refractivity (Wildman–Crippen MR) is 56.3 cm³/mol. The van der Waals surface area contributed by atoms with Gasteiger partial charge in [-0.3, -0.25) is 9.59 Å². The van der Waals surface area contributed by atoms with Crippen molar-refractivity contribution in [3.63, 3.8) is 0 Å². The van der Waals surface area contributed by atoms with E-state index in [2.05, 4.69) is 0 Å². The molecule has 0 aromatic heterocycles. The van der Waals surface area contributed by atoms with Crippen LogP contribution in [0.5, 0.6) is 0 Å². The second-order valence-electron chi connectivity index (χ2n) is 2.40. The first kappa shape index (κ1) is 17.5. The maximum absolute atomic E-state index is 10.3. The number of nitrogens with one attached hydrogen (secondary N) is 1. The quantitative estimate of drug-likeness (QED) is 0.350. The van der Waals surface area contributed by atoms with Crippen molar-refractivity contribution < 1.29 is 36.9 Å². The first-order chi connectivity index (χ1) is 6.45. The molecule has 2 atom stereocenters. The normalized spacial score (nSPS) is 13.7. The van der Waals surface area contributed by atoms with Crippen molar-refractivity contribution in [3.05, 3.63) is 5.73 Å². The molecular formula is C6H11MnN2O4S2-. The van der Waals surface area contributed by atoms with E-state index in [4.69, 9.17) is 21.7 Å². The molecule has 0 rings (SSSR count). The van der Waals surface area contributed by atoms with Crippen LogP contribution in [0.2, 0.25) is 0 Å². The van der Waals surface area contributed by atoms with Crippen LogP contribution >= 0.6 is 21.6 Å². The van der Waals surface area contributed by atoms with E-state index in [-0.39, 0.29) is 28.6 Å². The fourth-order valence-electron chi connectivity index (χ4n) is 0.380. The Labute approximate surface area is 105 Å². The number of hydrogen-bond donors (Lipinski definition) is 3. The number of aliphatic carboxylic acids is 2. The summed E-state index contributed by atoms with van der Waals surface area (Å²) in [5.41, 5.74) is 12.2. The minimum Gasteiger partial charge on any atom is -0.665 e. The molecule has 0 fully saturated rings. The van der Waals surface area contributed by atoms with Crippen LogP contribution in [-0.4, -0.2) is 45.7 Å². The Morgan fingerprint density at radius 1 is 1.20 bits per heavy atom. The number of carbonyl (C=O) groups is 2. The molecule has 0 aliphatic carbocycles. The van der Waals surface area contributed by atoms with Crippen molar-refractivity contribution in [2.75, 3.05) is 11.5 Å². The summed E-state index contributed by atoms with van der Waals surface area (Å²) >= 11 is 0. The van der Waals surface area contributed by atoms with E-state index in [0.717, 1.165) is 21.6 Å². The second kappa shape index (κ2) is 9.32. The molecule has 89 valence electrons. The van der Waals surface area contributed by atoms with Crippen LogP contribution in [0.1, 0.15) is 0 Å². The zero-order valence-electron chi connectivity index (χ0n) is 7.55. The molecule has 0 aliphatic rings. The maximum atomic E-state index is 10.3. The smallest absolute Gasteiger partial charge is 0.321 e. The SMILES string of the molecule is [Mn].[NH-]C(CSSCC(N)C(=O)O)C(=O)O. The Kier molecular flexibility index (Phi) is 10.9. The zero-order valence-corrected chi connectivity index (χ0v) is 10.4. The number of carboxylic acid groups (broad SMARTS) is 2. The van der Waals surface area contributed by atoms with Crippen molar-refractivity contribution in [2.24, 2.45) is 5.73 Å². The Hall–Kier alpha value is 0.0795. The zero-order chi connectivity index (χ0) is 11.1. The minimum atomic E-state index is -1.18. The Balaban J connectivity index is 0. The molecule has 0 aromatic rings. The molecule has 6 nitrogen and oxygen atoms in total. The van der Waals surface area contributed by atoms with Gasteiger partial charge in [0.2, 0.25) is 0 Å². The van der Waals surface area contributed by atoms with E-state index in [0.29, 0.717) is 0 Å². The summed E-state index contributed by atoms with van der Waals surface area (Å²) < 4.78 is 0. The molecule has 5 N–H and O–H groups in total. The molecule has 0 spiro atoms. The van der Waals surface area contributed by atoms with Gasteiger partial charge in [0.1, 0.15) is 6.04 Å². The van der Waals surface area contributed by atoms with Crippen molar-refractivity contribution in [3.8, 4) is 0 Å². The fourth-order valence-corrected chi connectivity index (χ4v) is 2.57. The molecule has 0 amide bonds. The molecule has 0 saturated carbocycles. The van der Waals surface area contributed by atoms with Crippen LogP contribution in [0.25, 0.3) is 5.73 Å². The molecule has 9 heteroatoms. The van der Waals surface area contributed by atoms with Gasteiger partial charge in [0, 0.05) is 22.8 Å². The second-order valence-corrected chi connectivity index (χ2v) is 4.96. The van der Waals surface area contributed by atoms with Gasteiger partial charge in [-0.05, 0) is 11.8 Å². The summed E-state index contributed by atoms with van der Waals surface area (Å²) in [7, 11) is 2.30. The third-order valence-corrected chi connectivity index (χ3v) is 3.63. The van der Waals surface area contributed by atoms with Gasteiger partial charge in [0.15, 0.2) is 0 Å². The van der Waals surface area contributed by atoms with Crippen molar-refractivity contribution in [1.82, 2.24) is 0 Å². The summed E-state index contributed by atoms with van der Waals surface area (Å²) in [6.07, 6.45) is 0. The Bertz CT molecular complexity index is 197. The average molecular weight is 294 g/mol. The average Bonchev–Trinajstić information content (AvgIpc) is 2.11. The van der Waals surface area contributed by atoms with Crippen LogP contribution < -0.4 is 5.73 Å². The van der Waals surface area contributed by atoms with Gasteiger partial charge >= 0.3 is 5.97 Å². The van der Waals surface area contributed by atoms with E-state index in [9.17, 15) is 9.59 Å². The summed E-state index contributed by atoms with van der Waals surface area (Å²) in [4.78, 5) is 20.5. The molecule has 0 aliphatic heterocycles. The Morgan fingerprint density at radius 3 is 2.07 bits per heavy atom. The molecule has 1 radical (unpaired) electrons. The number of rotatable bonds is 7. The van der Waals surface area contributed by atoms with Crippen LogP contribution in [0.3, 0.4) is 0 Å². The summed E-state index contributed by atoms with van der Waals surface area (Å²) in [6.45, 7) is 0. The first-order valence-electron chi connectivity index (χ1n) is 3.62. The van der Waals surface area contributed by atoms with Gasteiger partial charge in [-0.25, -0.2) is 0 Å². The summed E-state index contributed by atoms with van der Waals surface area (Å²) in [5.74, 6) is -1.95. The summed E-state index contributed by atoms with van der Waals surface area (Å²) in [5, 5.41) is 16.7. The first-order valence-corrected chi connectivity index (χ1v) is 6.10. The summed E-state index contributed by atoms with van der Waals surface area (Å²) in [6, 6.07) is -2.12. The number of hydrogen-bond acceptors (Lipinski definition) is 5. The molecule has 0 bridgehead atoms. The van der Waals surface area contributed by atoms with Crippen LogP contribution in [-0.2, 0) is 26.7 Å². The topological polar surface area (TPSA) is 124 Å². The monoisotopic (exact) mass is 294 g/mol. The van der Waals surface area contributed by atoms with E-state index in [1.807, 2.05) is 0 Å². The van der Waals surface area contributed by atoms with E-state index >= 15 is 0 Å². The molecular weight excluding hydrogens is 283 g/mol. The standard InChI is InChI=1S/C6H11N2O4S2.Mn/c7-3(5(9)10)1-13-14-2-4(8)6(11)12;/h3-4,7H,1-2,8H2,(H,9,10)(H,11,12);/q-1;. The number of carboxylic acids is 2. The van der Waals surface area contributed by atoms with Crippen LogP contribution in [0.15, 0.2) is 0 Å². The van der Waals surface area contributed by atoms with Gasteiger partial charge in [0.05, 0.1) is 0 Å². The van der Waals surface area contributed by atoms with Gasteiger partial charge in [0.25, 0.3) is 5.97 Å². The Morgan fingerprint density at radius 2 is 1.67 bits per heavy atom. The fraction of sp³-hybridized carbons (Fsp3) is 0.667. The third kappa shape index (κ3) is 9.03. The van der Waals surface area contributed by atoms with E-state index in [1.165, 1.54) is 0 Å². The molecule has 0 heterocycles. The van der Waals surface area contributed by atoms with Crippen molar-refractivity contribution >= 4 is 33.5 Å².